The molecule has 0 bridgehead atoms. The molecule has 78 valence electrons. The maximum Gasteiger partial charge on any atom is 0.329 e. The highest BCUT2D eigenvalue weighted by Crippen LogP contribution is 2.35. The number of rotatable bonds is 3. The predicted octanol–water partition coefficient (Wildman–Crippen LogP) is 1.08. The maximum atomic E-state index is 11.5. The van der Waals surface area contributed by atoms with Crippen molar-refractivity contribution in [3.63, 3.8) is 0 Å². The van der Waals surface area contributed by atoms with E-state index >= 15 is 0 Å². The van der Waals surface area contributed by atoms with Crippen LogP contribution in [0.25, 0.3) is 0 Å². The number of amides is 1. The summed E-state index contributed by atoms with van der Waals surface area (Å²) in [4.78, 5) is 22.3. The fraction of sp³-hybridized carbons (Fsp3) is 0.600. The summed E-state index contributed by atoms with van der Waals surface area (Å²) in [5.74, 6) is -1.21. The molecule has 14 heavy (non-hydrogen) atoms. The monoisotopic (exact) mass is 197 g/mol. The molecule has 4 heteroatoms. The van der Waals surface area contributed by atoms with Gasteiger partial charge in [0.2, 0.25) is 5.91 Å². The lowest BCUT2D eigenvalue weighted by molar-refractivity contribution is -0.142. The molecule has 0 unspecified atom stereocenters. The summed E-state index contributed by atoms with van der Waals surface area (Å²) >= 11 is 0. The zero-order valence-corrected chi connectivity index (χ0v) is 8.68. The summed E-state index contributed by atoms with van der Waals surface area (Å²) in [6.07, 6.45) is 1.06. The molecule has 1 aliphatic rings. The van der Waals surface area contributed by atoms with Gasteiger partial charge in [0.15, 0.2) is 0 Å². The summed E-state index contributed by atoms with van der Waals surface area (Å²) in [6.45, 7) is 5.35. The lowest BCUT2D eigenvalue weighted by Crippen LogP contribution is -2.43. The van der Waals surface area contributed by atoms with Crippen LogP contribution in [0.1, 0.15) is 33.6 Å². The van der Waals surface area contributed by atoms with Gasteiger partial charge in [-0.05, 0) is 33.6 Å². The molecule has 1 fully saturated rings. The number of carbonyl (C=O) groups is 2. The smallest absolute Gasteiger partial charge is 0.329 e. The summed E-state index contributed by atoms with van der Waals surface area (Å²) in [5.41, 5.74) is 0.523. The lowest BCUT2D eigenvalue weighted by Gasteiger charge is -2.13. The quantitative estimate of drug-likeness (QED) is 0.665. The number of aliphatic carboxylic acids is 1. The van der Waals surface area contributed by atoms with Gasteiger partial charge < -0.3 is 10.4 Å². The summed E-state index contributed by atoms with van der Waals surface area (Å²) in [5, 5.41) is 11.4. The van der Waals surface area contributed by atoms with Gasteiger partial charge in [-0.2, -0.15) is 0 Å². The molecule has 1 rings (SSSR count). The van der Waals surface area contributed by atoms with E-state index in [2.05, 4.69) is 5.32 Å². The van der Waals surface area contributed by atoms with Crippen LogP contribution in [0.4, 0.5) is 0 Å². The Morgan fingerprint density at radius 3 is 2.00 bits per heavy atom. The van der Waals surface area contributed by atoms with Crippen molar-refractivity contribution in [3.05, 3.63) is 11.1 Å². The van der Waals surface area contributed by atoms with Gasteiger partial charge in [-0.3, -0.25) is 4.79 Å². The number of hydrogen-bond donors (Lipinski definition) is 2. The van der Waals surface area contributed by atoms with E-state index in [1.165, 1.54) is 0 Å². The number of allylic oxidation sites excluding steroid dienone is 1. The first-order valence-electron chi connectivity index (χ1n) is 4.59. The molecule has 0 spiro atoms. The second-order valence-corrected chi connectivity index (χ2v) is 3.97. The Kier molecular flexibility index (Phi) is 2.64. The second-order valence-electron chi connectivity index (χ2n) is 3.97. The third-order valence-electron chi connectivity index (χ3n) is 2.60. The van der Waals surface area contributed by atoms with Gasteiger partial charge in [-0.15, -0.1) is 0 Å². The zero-order chi connectivity index (χ0) is 10.9. The molecule has 0 atom stereocenters. The predicted molar refractivity (Wildman–Crippen MR) is 51.8 cm³/mol. The molecule has 1 saturated carbocycles. The molecule has 1 amide bonds. The second kappa shape index (κ2) is 3.44. The van der Waals surface area contributed by atoms with Gasteiger partial charge >= 0.3 is 5.97 Å². The Labute approximate surface area is 83.0 Å². The van der Waals surface area contributed by atoms with E-state index in [9.17, 15) is 9.59 Å². The molecule has 4 nitrogen and oxygen atoms in total. The number of carboxylic acids is 1. The van der Waals surface area contributed by atoms with Gasteiger partial charge in [0.05, 0.1) is 0 Å². The standard InChI is InChI=1S/C10H15NO3/c1-6(2)7(3)8(12)11-10(4-5-10)9(13)14/h4-5H2,1-3H3,(H,11,12)(H,13,14). The van der Waals surface area contributed by atoms with E-state index in [-0.39, 0.29) is 5.91 Å². The Bertz CT molecular complexity index is 309. The Hall–Kier alpha value is -1.32. The van der Waals surface area contributed by atoms with Crippen LogP contribution in [-0.4, -0.2) is 22.5 Å². The molecule has 2 N–H and O–H groups in total. The van der Waals surface area contributed by atoms with E-state index in [1.54, 1.807) is 6.92 Å². The van der Waals surface area contributed by atoms with Crippen molar-refractivity contribution < 1.29 is 14.7 Å². The largest absolute Gasteiger partial charge is 0.480 e. The van der Waals surface area contributed by atoms with Gasteiger partial charge in [0, 0.05) is 5.57 Å². The first-order chi connectivity index (χ1) is 6.39. The molecule has 0 heterocycles. The third-order valence-corrected chi connectivity index (χ3v) is 2.60. The summed E-state index contributed by atoms with van der Waals surface area (Å²) < 4.78 is 0. The fourth-order valence-corrected chi connectivity index (χ4v) is 1.06. The van der Waals surface area contributed by atoms with Crippen LogP contribution >= 0.6 is 0 Å². The number of nitrogens with one attached hydrogen (secondary N) is 1. The van der Waals surface area contributed by atoms with Crippen molar-refractivity contribution >= 4 is 11.9 Å². The third kappa shape index (κ3) is 1.95. The molecule has 0 aromatic rings. The minimum absolute atomic E-state index is 0.273. The highest BCUT2D eigenvalue weighted by atomic mass is 16.4. The topological polar surface area (TPSA) is 66.4 Å². The number of carboxylic acid groups (broad SMARTS) is 1. The van der Waals surface area contributed by atoms with E-state index in [1.807, 2.05) is 13.8 Å². The highest BCUT2D eigenvalue weighted by Gasteiger charge is 2.51. The Morgan fingerprint density at radius 2 is 1.71 bits per heavy atom. The van der Waals surface area contributed by atoms with Gasteiger partial charge in [0.25, 0.3) is 0 Å². The molecule has 0 aromatic carbocycles. The minimum atomic E-state index is -0.978. The van der Waals surface area contributed by atoms with Gasteiger partial charge in [-0.1, -0.05) is 5.57 Å². The maximum absolute atomic E-state index is 11.5. The van der Waals surface area contributed by atoms with Crippen molar-refractivity contribution in [2.24, 2.45) is 0 Å². The van der Waals surface area contributed by atoms with E-state index in [0.717, 1.165) is 5.57 Å². The molecule has 0 aromatic heterocycles. The minimum Gasteiger partial charge on any atom is -0.480 e. The van der Waals surface area contributed by atoms with Crippen molar-refractivity contribution in [2.45, 2.75) is 39.2 Å². The normalized spacial score (nSPS) is 17.1. The van der Waals surface area contributed by atoms with Crippen molar-refractivity contribution in [1.82, 2.24) is 5.32 Å². The van der Waals surface area contributed by atoms with Gasteiger partial charge in [-0.25, -0.2) is 4.79 Å². The first kappa shape index (κ1) is 10.8. The molecular formula is C10H15NO3. The Morgan fingerprint density at radius 1 is 1.21 bits per heavy atom. The Balaban J connectivity index is 2.67. The van der Waals surface area contributed by atoms with Crippen molar-refractivity contribution in [3.8, 4) is 0 Å². The average Bonchev–Trinajstić information content (AvgIpc) is 2.84. The lowest BCUT2D eigenvalue weighted by atomic mass is 10.1. The van der Waals surface area contributed by atoms with Crippen LogP contribution < -0.4 is 5.32 Å². The van der Waals surface area contributed by atoms with Crippen molar-refractivity contribution in [2.75, 3.05) is 0 Å². The van der Waals surface area contributed by atoms with Gasteiger partial charge in [0.1, 0.15) is 5.54 Å². The van der Waals surface area contributed by atoms with Crippen LogP contribution in [0, 0.1) is 0 Å². The van der Waals surface area contributed by atoms with E-state index in [0.29, 0.717) is 18.4 Å². The fourth-order valence-electron chi connectivity index (χ4n) is 1.06. The molecule has 1 aliphatic carbocycles. The molecule has 0 radical (unpaired) electrons. The van der Waals surface area contributed by atoms with Crippen LogP contribution in [0.5, 0.6) is 0 Å². The van der Waals surface area contributed by atoms with Crippen molar-refractivity contribution in [1.29, 1.82) is 0 Å². The van der Waals surface area contributed by atoms with Crippen LogP contribution in [0.15, 0.2) is 11.1 Å². The molecular weight excluding hydrogens is 182 g/mol. The number of carbonyl (C=O) groups excluding carboxylic acids is 1. The molecule has 0 aliphatic heterocycles. The molecule has 0 saturated heterocycles. The van der Waals surface area contributed by atoms with Crippen LogP contribution in [0.2, 0.25) is 0 Å². The van der Waals surface area contributed by atoms with E-state index in [4.69, 9.17) is 5.11 Å². The zero-order valence-electron chi connectivity index (χ0n) is 8.68. The van der Waals surface area contributed by atoms with E-state index < -0.39 is 11.5 Å². The van der Waals surface area contributed by atoms with Crippen LogP contribution in [-0.2, 0) is 9.59 Å². The SMILES string of the molecule is CC(C)=C(C)C(=O)NC1(C(=O)O)CC1. The number of hydrogen-bond acceptors (Lipinski definition) is 2. The summed E-state index contributed by atoms with van der Waals surface area (Å²) in [7, 11) is 0. The highest BCUT2D eigenvalue weighted by molar-refractivity contribution is 5.98. The van der Waals surface area contributed by atoms with Crippen LogP contribution in [0.3, 0.4) is 0 Å². The average molecular weight is 197 g/mol. The first-order valence-corrected chi connectivity index (χ1v) is 4.59. The summed E-state index contributed by atoms with van der Waals surface area (Å²) in [6, 6.07) is 0.